The van der Waals surface area contributed by atoms with Gasteiger partial charge in [-0.25, -0.2) is 0 Å². The molecule has 1 aromatic carbocycles. The summed E-state index contributed by atoms with van der Waals surface area (Å²) in [6.45, 7) is 1.86. The third-order valence-electron chi connectivity index (χ3n) is 4.28. The van der Waals surface area contributed by atoms with Crippen LogP contribution in [0.15, 0.2) is 18.2 Å². The normalized spacial score (nSPS) is 19.8. The molecule has 0 aromatic heterocycles. The molecular weight excluding hydrogens is 258 g/mol. The highest BCUT2D eigenvalue weighted by Gasteiger charge is 2.53. The smallest absolute Gasteiger partial charge is 0.305 e. The van der Waals surface area contributed by atoms with Crippen molar-refractivity contribution in [3.05, 3.63) is 34.9 Å². The van der Waals surface area contributed by atoms with Gasteiger partial charge in [-0.2, -0.15) is 0 Å². The van der Waals surface area contributed by atoms with Gasteiger partial charge in [0.15, 0.2) is 0 Å². The third-order valence-corrected chi connectivity index (χ3v) is 4.28. The Kier molecular flexibility index (Phi) is 2.67. The van der Waals surface area contributed by atoms with Gasteiger partial charge in [-0.3, -0.25) is 19.3 Å². The van der Waals surface area contributed by atoms with Gasteiger partial charge in [-0.05, 0) is 38.3 Å². The van der Waals surface area contributed by atoms with Crippen LogP contribution in [0.2, 0.25) is 0 Å². The molecule has 1 saturated carbocycles. The number of imide groups is 1. The summed E-state index contributed by atoms with van der Waals surface area (Å²) in [7, 11) is 0. The van der Waals surface area contributed by atoms with Gasteiger partial charge >= 0.3 is 5.97 Å². The Morgan fingerprint density at radius 3 is 2.45 bits per heavy atom. The number of aryl methyl sites for hydroxylation is 1. The largest absolute Gasteiger partial charge is 0.481 e. The lowest BCUT2D eigenvalue weighted by Gasteiger charge is -2.46. The van der Waals surface area contributed by atoms with E-state index in [9.17, 15) is 14.4 Å². The average Bonchev–Trinajstić information content (AvgIpc) is 2.57. The number of carboxylic acids is 1. The van der Waals surface area contributed by atoms with Crippen molar-refractivity contribution in [2.45, 2.75) is 38.1 Å². The van der Waals surface area contributed by atoms with Gasteiger partial charge in [0.05, 0.1) is 23.1 Å². The van der Waals surface area contributed by atoms with Gasteiger partial charge < -0.3 is 5.11 Å². The summed E-state index contributed by atoms with van der Waals surface area (Å²) < 4.78 is 0. The van der Waals surface area contributed by atoms with Crippen molar-refractivity contribution in [1.29, 1.82) is 0 Å². The minimum atomic E-state index is -0.975. The van der Waals surface area contributed by atoms with Crippen molar-refractivity contribution in [3.8, 4) is 0 Å². The molecule has 5 heteroatoms. The number of aliphatic carboxylic acids is 1. The van der Waals surface area contributed by atoms with E-state index in [1.54, 1.807) is 18.2 Å². The zero-order valence-electron chi connectivity index (χ0n) is 11.2. The fourth-order valence-corrected chi connectivity index (χ4v) is 3.13. The SMILES string of the molecule is Cc1ccc2c(c1)C(=O)N(C1(CC(=O)O)CCC1)C2=O. The first-order chi connectivity index (χ1) is 9.44. The molecule has 1 fully saturated rings. The quantitative estimate of drug-likeness (QED) is 0.855. The van der Waals surface area contributed by atoms with Gasteiger partial charge in [-0.15, -0.1) is 0 Å². The van der Waals surface area contributed by atoms with E-state index in [-0.39, 0.29) is 18.2 Å². The Bertz CT molecular complexity index is 631. The Morgan fingerprint density at radius 2 is 1.90 bits per heavy atom. The molecule has 1 aliphatic heterocycles. The number of carbonyl (C=O) groups is 3. The molecule has 104 valence electrons. The van der Waals surface area contributed by atoms with Crippen molar-refractivity contribution in [1.82, 2.24) is 4.90 Å². The summed E-state index contributed by atoms with van der Waals surface area (Å²) in [5, 5.41) is 9.06. The number of benzene rings is 1. The molecule has 1 heterocycles. The van der Waals surface area contributed by atoms with E-state index in [0.29, 0.717) is 24.0 Å². The highest BCUT2D eigenvalue weighted by molar-refractivity contribution is 6.22. The predicted octanol–water partition coefficient (Wildman–Crippen LogP) is 1.99. The van der Waals surface area contributed by atoms with Gasteiger partial charge in [0.2, 0.25) is 0 Å². The lowest BCUT2D eigenvalue weighted by Crippen LogP contribution is -2.57. The summed E-state index contributed by atoms with van der Waals surface area (Å²) in [6.07, 6.45) is 1.82. The maximum Gasteiger partial charge on any atom is 0.305 e. The van der Waals surface area contributed by atoms with E-state index >= 15 is 0 Å². The maximum absolute atomic E-state index is 12.5. The topological polar surface area (TPSA) is 74.7 Å². The first kappa shape index (κ1) is 12.8. The van der Waals surface area contributed by atoms with E-state index < -0.39 is 11.5 Å². The summed E-state index contributed by atoms with van der Waals surface area (Å²) in [5.74, 6) is -1.68. The van der Waals surface area contributed by atoms with E-state index in [1.165, 1.54) is 4.90 Å². The van der Waals surface area contributed by atoms with E-state index in [2.05, 4.69) is 0 Å². The molecule has 0 unspecified atom stereocenters. The van der Waals surface area contributed by atoms with Crippen LogP contribution in [0.3, 0.4) is 0 Å². The van der Waals surface area contributed by atoms with Crippen LogP contribution in [-0.4, -0.2) is 33.3 Å². The van der Waals surface area contributed by atoms with E-state index in [4.69, 9.17) is 5.11 Å². The molecule has 20 heavy (non-hydrogen) atoms. The molecule has 3 rings (SSSR count). The summed E-state index contributed by atoms with van der Waals surface area (Å²) in [6, 6.07) is 5.14. The standard InChI is InChI=1S/C15H15NO4/c1-9-3-4-10-11(7-9)14(20)16(13(10)19)15(5-2-6-15)8-12(17)18/h3-4,7H,2,5-6,8H2,1H3,(H,17,18). The van der Waals surface area contributed by atoms with Gasteiger partial charge in [0.25, 0.3) is 11.8 Å². The molecule has 0 radical (unpaired) electrons. The summed E-state index contributed by atoms with van der Waals surface area (Å²) in [5.41, 5.74) is 0.865. The highest BCUT2D eigenvalue weighted by atomic mass is 16.4. The van der Waals surface area contributed by atoms with Crippen LogP contribution in [-0.2, 0) is 4.79 Å². The second-order valence-corrected chi connectivity index (χ2v) is 5.64. The van der Waals surface area contributed by atoms with Crippen LogP contribution in [0.4, 0.5) is 0 Å². The summed E-state index contributed by atoms with van der Waals surface area (Å²) in [4.78, 5) is 37.2. The third kappa shape index (κ3) is 1.66. The molecule has 1 aliphatic carbocycles. The first-order valence-electron chi connectivity index (χ1n) is 6.66. The molecular formula is C15H15NO4. The van der Waals surface area contributed by atoms with Crippen LogP contribution in [0.5, 0.6) is 0 Å². The Balaban J connectivity index is 2.03. The molecule has 2 amide bonds. The van der Waals surface area contributed by atoms with Gasteiger partial charge in [0, 0.05) is 0 Å². The number of carboxylic acid groups (broad SMARTS) is 1. The number of carbonyl (C=O) groups excluding carboxylic acids is 2. The molecule has 2 aliphatic rings. The second kappa shape index (κ2) is 4.16. The molecule has 0 bridgehead atoms. The molecule has 0 atom stereocenters. The Hall–Kier alpha value is -2.17. The number of hydrogen-bond donors (Lipinski definition) is 1. The van der Waals surface area contributed by atoms with E-state index in [0.717, 1.165) is 12.0 Å². The lowest BCUT2D eigenvalue weighted by molar-refractivity contribution is -0.141. The first-order valence-corrected chi connectivity index (χ1v) is 6.66. The minimum absolute atomic E-state index is 0.169. The predicted molar refractivity (Wildman–Crippen MR) is 70.5 cm³/mol. The van der Waals surface area contributed by atoms with Crippen molar-refractivity contribution in [2.24, 2.45) is 0 Å². The van der Waals surface area contributed by atoms with Crippen LogP contribution in [0.25, 0.3) is 0 Å². The molecule has 0 spiro atoms. The van der Waals surface area contributed by atoms with Crippen molar-refractivity contribution in [2.75, 3.05) is 0 Å². The van der Waals surface area contributed by atoms with Crippen molar-refractivity contribution in [3.63, 3.8) is 0 Å². The number of nitrogens with zero attached hydrogens (tertiary/aromatic N) is 1. The zero-order valence-corrected chi connectivity index (χ0v) is 11.2. The Labute approximate surface area is 116 Å². The van der Waals surface area contributed by atoms with Crippen molar-refractivity contribution >= 4 is 17.8 Å². The number of hydrogen-bond acceptors (Lipinski definition) is 3. The fourth-order valence-electron chi connectivity index (χ4n) is 3.13. The fraction of sp³-hybridized carbons (Fsp3) is 0.400. The monoisotopic (exact) mass is 273 g/mol. The molecule has 5 nitrogen and oxygen atoms in total. The van der Waals surface area contributed by atoms with E-state index in [1.807, 2.05) is 6.92 Å². The Morgan fingerprint density at radius 1 is 1.25 bits per heavy atom. The van der Waals surface area contributed by atoms with Crippen LogP contribution in [0.1, 0.15) is 52.0 Å². The van der Waals surface area contributed by atoms with Gasteiger partial charge in [0.1, 0.15) is 0 Å². The summed E-state index contributed by atoms with van der Waals surface area (Å²) >= 11 is 0. The number of amides is 2. The van der Waals surface area contributed by atoms with Crippen LogP contribution < -0.4 is 0 Å². The van der Waals surface area contributed by atoms with Crippen molar-refractivity contribution < 1.29 is 19.5 Å². The number of rotatable bonds is 3. The second-order valence-electron chi connectivity index (χ2n) is 5.64. The highest BCUT2D eigenvalue weighted by Crippen LogP contribution is 2.44. The molecule has 1 aromatic rings. The van der Waals surface area contributed by atoms with Crippen LogP contribution >= 0.6 is 0 Å². The molecule has 0 saturated heterocycles. The van der Waals surface area contributed by atoms with Gasteiger partial charge in [-0.1, -0.05) is 11.6 Å². The molecule has 1 N–H and O–H groups in total. The maximum atomic E-state index is 12.5. The van der Waals surface area contributed by atoms with Crippen LogP contribution in [0, 0.1) is 6.92 Å². The number of fused-ring (bicyclic) bond motifs is 1. The minimum Gasteiger partial charge on any atom is -0.481 e. The zero-order chi connectivity index (χ0) is 14.5. The average molecular weight is 273 g/mol. The lowest BCUT2D eigenvalue weighted by atomic mass is 9.73.